The molecule has 3 rings (SSSR count). The van der Waals surface area contributed by atoms with Crippen molar-refractivity contribution in [3.05, 3.63) is 69.8 Å². The first-order valence-electron chi connectivity index (χ1n) is 9.70. The minimum Gasteiger partial charge on any atom is -0.487 e. The summed E-state index contributed by atoms with van der Waals surface area (Å²) in [6, 6.07) is 14.6. The van der Waals surface area contributed by atoms with Crippen LogP contribution in [-0.2, 0) is 21.2 Å². The van der Waals surface area contributed by atoms with E-state index >= 15 is 0 Å². The molecule has 2 aromatic carbocycles. The van der Waals surface area contributed by atoms with Crippen LogP contribution < -0.4 is 10.1 Å². The van der Waals surface area contributed by atoms with E-state index in [-0.39, 0.29) is 21.6 Å². The number of benzene rings is 2. The van der Waals surface area contributed by atoms with Crippen LogP contribution in [0.4, 0.5) is 5.13 Å². The third kappa shape index (κ3) is 6.16. The van der Waals surface area contributed by atoms with Gasteiger partial charge in [-0.15, -0.1) is 0 Å². The topological polar surface area (TPSA) is 122 Å². The van der Waals surface area contributed by atoms with Crippen molar-refractivity contribution < 1.29 is 17.9 Å². The molecule has 33 heavy (non-hydrogen) atoms. The minimum atomic E-state index is -3.59. The third-order valence-electron chi connectivity index (χ3n) is 4.56. The molecule has 1 heterocycles. The first-order chi connectivity index (χ1) is 15.7. The fourth-order valence-corrected chi connectivity index (χ4v) is 4.47. The van der Waals surface area contributed by atoms with Gasteiger partial charge in [-0.05, 0) is 41.8 Å². The number of aromatic nitrogens is 2. The predicted octanol–water partition coefficient (Wildman–Crippen LogP) is 4.42. The lowest BCUT2D eigenvalue weighted by Crippen LogP contribution is -2.13. The lowest BCUT2D eigenvalue weighted by molar-refractivity contribution is -0.112. The molecule has 0 saturated heterocycles. The number of nitrogens with zero attached hydrogens (tertiary/aromatic N) is 3. The van der Waals surface area contributed by atoms with E-state index in [9.17, 15) is 18.5 Å². The predicted molar refractivity (Wildman–Crippen MR) is 127 cm³/mol. The third-order valence-corrected chi connectivity index (χ3v) is 7.10. The highest BCUT2D eigenvalue weighted by Crippen LogP contribution is 2.28. The Morgan fingerprint density at radius 2 is 2.06 bits per heavy atom. The van der Waals surface area contributed by atoms with Crippen molar-refractivity contribution in [3.63, 3.8) is 0 Å². The second kappa shape index (κ2) is 10.6. The van der Waals surface area contributed by atoms with Gasteiger partial charge in [0, 0.05) is 11.5 Å². The molecule has 0 fully saturated rings. The summed E-state index contributed by atoms with van der Waals surface area (Å²) in [7, 11) is -3.59. The highest BCUT2D eigenvalue weighted by molar-refractivity contribution is 7.91. The number of carbonyl (C=O) groups is 1. The maximum absolute atomic E-state index is 12.4. The molecule has 0 unspecified atom stereocenters. The van der Waals surface area contributed by atoms with E-state index in [1.807, 2.05) is 37.3 Å². The van der Waals surface area contributed by atoms with Crippen LogP contribution >= 0.6 is 23.1 Å². The van der Waals surface area contributed by atoms with Crippen molar-refractivity contribution in [1.29, 1.82) is 5.26 Å². The van der Waals surface area contributed by atoms with Crippen molar-refractivity contribution in [2.75, 3.05) is 11.1 Å². The first kappa shape index (κ1) is 24.4. The Morgan fingerprint density at radius 1 is 1.30 bits per heavy atom. The van der Waals surface area contributed by atoms with Crippen molar-refractivity contribution in [1.82, 2.24) is 9.36 Å². The zero-order valence-electron chi connectivity index (χ0n) is 17.7. The van der Waals surface area contributed by atoms with E-state index in [0.717, 1.165) is 11.1 Å². The number of nitriles is 1. The van der Waals surface area contributed by atoms with E-state index in [0.29, 0.717) is 34.5 Å². The van der Waals surface area contributed by atoms with Crippen molar-refractivity contribution in [2.45, 2.75) is 25.6 Å². The van der Waals surface area contributed by atoms with E-state index < -0.39 is 15.7 Å². The molecule has 0 aliphatic carbocycles. The van der Waals surface area contributed by atoms with Gasteiger partial charge in [0.2, 0.25) is 15.0 Å². The lowest BCUT2D eigenvalue weighted by atomic mass is 10.1. The standard InChI is InChI=1S/C22H19ClN4O4S2/c1-3-33(29,30)22-26-21(32-27-22)25-20(28)17(12-24)10-15-8-9-19(18(23)11-15)31-13-16-7-5-4-6-14(16)2/h4-11H,3,13H2,1-2H3,(H,25,26,27,28)/b17-10-. The van der Waals surface area contributed by atoms with Gasteiger partial charge < -0.3 is 4.74 Å². The zero-order valence-corrected chi connectivity index (χ0v) is 20.1. The summed E-state index contributed by atoms with van der Waals surface area (Å²) in [4.78, 5) is 16.3. The molecule has 0 radical (unpaired) electrons. The first-order valence-corrected chi connectivity index (χ1v) is 12.5. The van der Waals surface area contributed by atoms with Crippen LogP contribution in [0.25, 0.3) is 6.08 Å². The quantitative estimate of drug-likeness (QED) is 0.357. The van der Waals surface area contributed by atoms with Gasteiger partial charge in [0.15, 0.2) is 0 Å². The lowest BCUT2D eigenvalue weighted by Gasteiger charge is -2.10. The molecule has 3 aromatic rings. The normalized spacial score (nSPS) is 11.6. The van der Waals surface area contributed by atoms with E-state index in [2.05, 4.69) is 14.7 Å². The Hall–Kier alpha value is -3.26. The molecule has 8 nitrogen and oxygen atoms in total. The number of nitrogens with one attached hydrogen (secondary N) is 1. The molecule has 11 heteroatoms. The molecule has 0 bridgehead atoms. The fraction of sp³-hybridized carbons (Fsp3) is 0.182. The second-order valence-electron chi connectivity index (χ2n) is 6.81. The summed E-state index contributed by atoms with van der Waals surface area (Å²) in [6.07, 6.45) is 1.36. The number of anilines is 1. The summed E-state index contributed by atoms with van der Waals surface area (Å²) < 4.78 is 33.2. The van der Waals surface area contributed by atoms with Crippen molar-refractivity contribution in [3.8, 4) is 11.8 Å². The van der Waals surface area contributed by atoms with Gasteiger partial charge in [0.05, 0.1) is 10.8 Å². The number of hydrogen-bond acceptors (Lipinski definition) is 8. The summed E-state index contributed by atoms with van der Waals surface area (Å²) in [5.74, 6) is -0.435. The number of carbonyl (C=O) groups excluding carboxylic acids is 1. The molecular weight excluding hydrogens is 484 g/mol. The largest absolute Gasteiger partial charge is 0.487 e. The van der Waals surface area contributed by atoms with Crippen molar-refractivity contribution in [2.24, 2.45) is 0 Å². The van der Waals surface area contributed by atoms with Crippen molar-refractivity contribution >= 4 is 50.1 Å². The number of sulfone groups is 1. The average Bonchev–Trinajstić information content (AvgIpc) is 3.27. The molecular formula is C22H19ClN4O4S2. The summed E-state index contributed by atoms with van der Waals surface area (Å²) in [5.41, 5.74) is 2.44. The molecule has 1 N–H and O–H groups in total. The molecule has 0 spiro atoms. The molecule has 1 amide bonds. The molecule has 0 atom stereocenters. The highest BCUT2D eigenvalue weighted by Gasteiger charge is 2.20. The monoisotopic (exact) mass is 502 g/mol. The molecule has 0 aliphatic rings. The van der Waals surface area contributed by atoms with Gasteiger partial charge in [0.1, 0.15) is 24.0 Å². The van der Waals surface area contributed by atoms with E-state index in [1.54, 1.807) is 18.2 Å². The second-order valence-corrected chi connectivity index (χ2v) is 10.1. The summed E-state index contributed by atoms with van der Waals surface area (Å²) in [6.45, 7) is 3.81. The van der Waals surface area contributed by atoms with Crippen LogP contribution in [-0.4, -0.2) is 29.4 Å². The van der Waals surface area contributed by atoms with Crippen LogP contribution in [0.5, 0.6) is 5.75 Å². The van der Waals surface area contributed by atoms with E-state index in [4.69, 9.17) is 16.3 Å². The van der Waals surface area contributed by atoms with Gasteiger partial charge in [-0.2, -0.15) is 14.6 Å². The maximum Gasteiger partial charge on any atom is 0.268 e. The Morgan fingerprint density at radius 3 is 2.73 bits per heavy atom. The smallest absolute Gasteiger partial charge is 0.268 e. The molecule has 170 valence electrons. The fourth-order valence-electron chi connectivity index (χ4n) is 2.65. The van der Waals surface area contributed by atoms with Gasteiger partial charge in [-0.1, -0.05) is 48.9 Å². The Labute approximate surface area is 200 Å². The van der Waals surface area contributed by atoms with Crippen LogP contribution in [0.15, 0.2) is 53.2 Å². The number of hydrogen-bond donors (Lipinski definition) is 1. The van der Waals surface area contributed by atoms with Crippen LogP contribution in [0, 0.1) is 18.3 Å². The minimum absolute atomic E-state index is 0.0221. The highest BCUT2D eigenvalue weighted by atomic mass is 35.5. The Kier molecular flexibility index (Phi) is 7.81. The molecule has 1 aromatic heterocycles. The summed E-state index contributed by atoms with van der Waals surface area (Å²) in [5, 5.41) is 11.7. The number of amides is 1. The van der Waals surface area contributed by atoms with Crippen LogP contribution in [0.2, 0.25) is 5.02 Å². The molecule has 0 saturated carbocycles. The number of rotatable bonds is 8. The van der Waals surface area contributed by atoms with Gasteiger partial charge in [-0.3, -0.25) is 10.1 Å². The Bertz CT molecular complexity index is 1360. The zero-order chi connectivity index (χ0) is 24.0. The van der Waals surface area contributed by atoms with Gasteiger partial charge >= 0.3 is 0 Å². The Balaban J connectivity index is 1.71. The number of ether oxygens (including phenoxy) is 1. The van der Waals surface area contributed by atoms with E-state index in [1.165, 1.54) is 13.0 Å². The SMILES string of the molecule is CCS(=O)(=O)c1nsc(NC(=O)/C(C#N)=C\c2ccc(OCc3ccccc3C)c(Cl)c2)n1. The molecule has 0 aliphatic heterocycles. The number of halogens is 1. The van der Waals surface area contributed by atoms with Crippen LogP contribution in [0.3, 0.4) is 0 Å². The average molecular weight is 503 g/mol. The van der Waals surface area contributed by atoms with Gasteiger partial charge in [-0.25, -0.2) is 8.42 Å². The maximum atomic E-state index is 12.4. The number of aryl methyl sites for hydroxylation is 1. The van der Waals surface area contributed by atoms with Crippen LogP contribution in [0.1, 0.15) is 23.6 Å². The van der Waals surface area contributed by atoms with Gasteiger partial charge in [0.25, 0.3) is 11.1 Å². The summed E-state index contributed by atoms with van der Waals surface area (Å²) >= 11 is 7.04.